The third kappa shape index (κ3) is 4.82. The molecule has 2 N–H and O–H groups in total. The van der Waals surface area contributed by atoms with E-state index in [9.17, 15) is 9.59 Å². The van der Waals surface area contributed by atoms with Crippen LogP contribution in [0.5, 0.6) is 0 Å². The largest absolute Gasteiger partial charge is 0.348 e. The van der Waals surface area contributed by atoms with Gasteiger partial charge in [0.25, 0.3) is 11.8 Å². The number of nitrogens with zero attached hydrogens (tertiary/aromatic N) is 1. The van der Waals surface area contributed by atoms with Crippen molar-refractivity contribution in [2.24, 2.45) is 0 Å². The van der Waals surface area contributed by atoms with E-state index in [0.29, 0.717) is 17.8 Å². The fourth-order valence-corrected chi connectivity index (χ4v) is 2.70. The number of nitrogens with one attached hydrogen (secondary N) is 2. The summed E-state index contributed by atoms with van der Waals surface area (Å²) in [6.45, 7) is 6.44. The molecule has 0 fully saturated rings. The van der Waals surface area contributed by atoms with Gasteiger partial charge in [-0.15, -0.1) is 0 Å². The summed E-state index contributed by atoms with van der Waals surface area (Å²) in [5.41, 5.74) is 5.72. The molecule has 0 radical (unpaired) electrons. The van der Waals surface area contributed by atoms with Gasteiger partial charge < -0.3 is 10.6 Å². The summed E-state index contributed by atoms with van der Waals surface area (Å²) in [5.74, 6) is -0.598. The number of benzene rings is 2. The predicted molar refractivity (Wildman–Crippen MR) is 110 cm³/mol. The van der Waals surface area contributed by atoms with Gasteiger partial charge in [0.05, 0.1) is 0 Å². The maximum Gasteiger partial charge on any atom is 0.274 e. The number of hydrogen-bond acceptors (Lipinski definition) is 3. The number of aromatic nitrogens is 1. The fraction of sp³-hybridized carbons (Fsp3) is 0.174. The van der Waals surface area contributed by atoms with E-state index in [2.05, 4.69) is 15.6 Å². The van der Waals surface area contributed by atoms with E-state index < -0.39 is 0 Å². The van der Waals surface area contributed by atoms with Crippen molar-refractivity contribution < 1.29 is 9.59 Å². The number of amides is 2. The Bertz CT molecular complexity index is 1010. The van der Waals surface area contributed by atoms with E-state index >= 15 is 0 Å². The lowest BCUT2D eigenvalue weighted by Crippen LogP contribution is -2.23. The van der Waals surface area contributed by atoms with Crippen LogP contribution in [0.1, 0.15) is 43.1 Å². The zero-order valence-electron chi connectivity index (χ0n) is 16.2. The Morgan fingerprint density at radius 2 is 1.61 bits per heavy atom. The van der Waals surface area contributed by atoms with Crippen molar-refractivity contribution in [3.63, 3.8) is 0 Å². The molecule has 5 heteroatoms. The van der Waals surface area contributed by atoms with Crippen LogP contribution in [0.25, 0.3) is 0 Å². The number of rotatable bonds is 5. The second kappa shape index (κ2) is 8.48. The first-order valence-corrected chi connectivity index (χ1v) is 9.11. The zero-order valence-corrected chi connectivity index (χ0v) is 16.2. The van der Waals surface area contributed by atoms with Crippen LogP contribution in [0.2, 0.25) is 0 Å². The van der Waals surface area contributed by atoms with Crippen LogP contribution in [0, 0.1) is 20.8 Å². The first-order chi connectivity index (χ1) is 13.4. The maximum atomic E-state index is 12.5. The highest BCUT2D eigenvalue weighted by Gasteiger charge is 2.12. The van der Waals surface area contributed by atoms with Gasteiger partial charge in [-0.1, -0.05) is 35.9 Å². The van der Waals surface area contributed by atoms with Gasteiger partial charge in [-0.25, -0.2) is 0 Å². The molecule has 3 aromatic rings. The Morgan fingerprint density at radius 1 is 0.857 bits per heavy atom. The zero-order chi connectivity index (χ0) is 20.1. The molecule has 0 spiro atoms. The average Bonchev–Trinajstić information content (AvgIpc) is 2.70. The highest BCUT2D eigenvalue weighted by atomic mass is 16.2. The van der Waals surface area contributed by atoms with Crippen LogP contribution >= 0.6 is 0 Å². The first kappa shape index (κ1) is 19.3. The molecule has 0 bridgehead atoms. The van der Waals surface area contributed by atoms with Crippen LogP contribution in [-0.4, -0.2) is 16.8 Å². The van der Waals surface area contributed by atoms with E-state index in [0.717, 1.165) is 16.7 Å². The molecule has 2 aromatic carbocycles. The minimum atomic E-state index is -0.351. The van der Waals surface area contributed by atoms with Gasteiger partial charge >= 0.3 is 0 Å². The quantitative estimate of drug-likeness (QED) is 0.704. The summed E-state index contributed by atoms with van der Waals surface area (Å²) in [6, 6.07) is 16.8. The summed E-state index contributed by atoms with van der Waals surface area (Å²) in [4.78, 5) is 29.0. The van der Waals surface area contributed by atoms with E-state index in [1.807, 2.05) is 63.2 Å². The third-order valence-electron chi connectivity index (χ3n) is 4.59. The molecular weight excluding hydrogens is 350 g/mol. The molecule has 0 aliphatic carbocycles. The van der Waals surface area contributed by atoms with E-state index in [1.165, 1.54) is 17.8 Å². The molecule has 0 atom stereocenters. The van der Waals surface area contributed by atoms with E-state index in [-0.39, 0.29) is 17.5 Å². The van der Waals surface area contributed by atoms with Gasteiger partial charge in [0.2, 0.25) is 0 Å². The Balaban J connectivity index is 1.66. The summed E-state index contributed by atoms with van der Waals surface area (Å²) < 4.78 is 0. The van der Waals surface area contributed by atoms with Gasteiger partial charge in [0, 0.05) is 24.0 Å². The van der Waals surface area contributed by atoms with Crippen molar-refractivity contribution in [2.45, 2.75) is 27.3 Å². The predicted octanol–water partition coefficient (Wildman–Crippen LogP) is 4.19. The Labute approximate surface area is 164 Å². The number of pyridine rings is 1. The number of carbonyl (C=O) groups excluding carboxylic acids is 2. The summed E-state index contributed by atoms with van der Waals surface area (Å²) in [7, 11) is 0. The highest BCUT2D eigenvalue weighted by molar-refractivity contribution is 6.04. The van der Waals surface area contributed by atoms with Gasteiger partial charge in [0.15, 0.2) is 0 Å². The average molecular weight is 373 g/mol. The number of hydrogen-bond donors (Lipinski definition) is 2. The fourth-order valence-electron chi connectivity index (χ4n) is 2.70. The second-order valence-electron chi connectivity index (χ2n) is 6.85. The molecule has 2 amide bonds. The van der Waals surface area contributed by atoms with Crippen molar-refractivity contribution in [1.29, 1.82) is 0 Å². The maximum absolute atomic E-state index is 12.5. The SMILES string of the molecule is Cc1ccc(CNC(=O)c2ccnc(C(=O)Nc3ccc(C)c(C)c3)c2)cc1. The van der Waals surface area contributed by atoms with Crippen LogP contribution in [0.4, 0.5) is 5.69 Å². The highest BCUT2D eigenvalue weighted by Crippen LogP contribution is 2.15. The molecule has 142 valence electrons. The summed E-state index contributed by atoms with van der Waals surface area (Å²) >= 11 is 0. The molecule has 0 saturated heterocycles. The molecule has 1 aromatic heterocycles. The minimum Gasteiger partial charge on any atom is -0.348 e. The van der Waals surface area contributed by atoms with Crippen LogP contribution in [0.15, 0.2) is 60.8 Å². The molecule has 28 heavy (non-hydrogen) atoms. The van der Waals surface area contributed by atoms with Crippen LogP contribution in [-0.2, 0) is 6.54 Å². The molecule has 3 rings (SSSR count). The Morgan fingerprint density at radius 3 is 2.32 bits per heavy atom. The van der Waals surface area contributed by atoms with Crippen LogP contribution in [0.3, 0.4) is 0 Å². The number of anilines is 1. The molecule has 5 nitrogen and oxygen atoms in total. The standard InChI is InChI=1S/C23H23N3O2/c1-15-4-7-18(8-5-15)14-25-22(27)19-10-11-24-21(13-19)23(28)26-20-9-6-16(2)17(3)12-20/h4-13H,14H2,1-3H3,(H,25,27)(H,26,28). The van der Waals surface area contributed by atoms with Gasteiger partial charge in [-0.2, -0.15) is 0 Å². The normalized spacial score (nSPS) is 10.4. The smallest absolute Gasteiger partial charge is 0.274 e. The molecule has 1 heterocycles. The van der Waals surface area contributed by atoms with Gasteiger partial charge in [-0.05, 0) is 61.7 Å². The summed E-state index contributed by atoms with van der Waals surface area (Å²) in [6.07, 6.45) is 1.47. The molecular formula is C23H23N3O2. The third-order valence-corrected chi connectivity index (χ3v) is 4.59. The van der Waals surface area contributed by atoms with Crippen molar-refractivity contribution in [2.75, 3.05) is 5.32 Å². The lowest BCUT2D eigenvalue weighted by molar-refractivity contribution is 0.0951. The monoisotopic (exact) mass is 373 g/mol. The van der Waals surface area contributed by atoms with E-state index in [4.69, 9.17) is 0 Å². The van der Waals surface area contributed by atoms with Crippen molar-refractivity contribution in [1.82, 2.24) is 10.3 Å². The topological polar surface area (TPSA) is 71.1 Å². The van der Waals surface area contributed by atoms with E-state index in [1.54, 1.807) is 6.07 Å². The molecule has 0 aliphatic heterocycles. The Kier molecular flexibility index (Phi) is 5.84. The van der Waals surface area contributed by atoms with Crippen molar-refractivity contribution >= 4 is 17.5 Å². The van der Waals surface area contributed by atoms with Crippen molar-refractivity contribution in [3.8, 4) is 0 Å². The van der Waals surface area contributed by atoms with Gasteiger partial charge in [0.1, 0.15) is 5.69 Å². The minimum absolute atomic E-state index is 0.196. The molecule has 0 unspecified atom stereocenters. The Hall–Kier alpha value is -3.47. The van der Waals surface area contributed by atoms with Crippen molar-refractivity contribution in [3.05, 3.63) is 94.3 Å². The lowest BCUT2D eigenvalue weighted by Gasteiger charge is -2.09. The molecule has 0 saturated carbocycles. The second-order valence-corrected chi connectivity index (χ2v) is 6.85. The number of carbonyl (C=O) groups is 2. The molecule has 0 aliphatic rings. The lowest BCUT2D eigenvalue weighted by atomic mass is 10.1. The van der Waals surface area contributed by atoms with Gasteiger partial charge in [-0.3, -0.25) is 14.6 Å². The first-order valence-electron chi connectivity index (χ1n) is 9.11. The van der Waals surface area contributed by atoms with Crippen LogP contribution < -0.4 is 10.6 Å². The number of aryl methyl sites for hydroxylation is 3. The summed E-state index contributed by atoms with van der Waals surface area (Å²) in [5, 5.41) is 5.69.